The van der Waals surface area contributed by atoms with Crippen LogP contribution in [0.25, 0.3) is 0 Å². The van der Waals surface area contributed by atoms with Gasteiger partial charge in [0.25, 0.3) is 0 Å². The first-order chi connectivity index (χ1) is 18.5. The first-order valence-corrected chi connectivity index (χ1v) is 14.6. The van der Waals surface area contributed by atoms with Crippen molar-refractivity contribution in [2.45, 2.75) is 72.5 Å². The highest BCUT2D eigenvalue weighted by Crippen LogP contribution is 2.57. The van der Waals surface area contributed by atoms with Crippen molar-refractivity contribution >= 4 is 39.5 Å². The van der Waals surface area contributed by atoms with Crippen LogP contribution in [0.2, 0.25) is 5.02 Å². The van der Waals surface area contributed by atoms with Crippen molar-refractivity contribution in [3.05, 3.63) is 43.9 Å². The minimum Gasteiger partial charge on any atom is -0.495 e. The Bertz CT molecular complexity index is 1340. The molecule has 2 aromatic carbocycles. The fraction of sp³-hybridized carbons (Fsp3) is 0.533. The first kappa shape index (κ1) is 28.2. The van der Waals surface area contributed by atoms with Crippen LogP contribution in [-0.4, -0.2) is 24.2 Å². The average Bonchev–Trinajstić information content (AvgIpc) is 3.48. The van der Waals surface area contributed by atoms with Crippen LogP contribution >= 0.6 is 27.5 Å². The van der Waals surface area contributed by atoms with Gasteiger partial charge < -0.3 is 24.1 Å². The summed E-state index contributed by atoms with van der Waals surface area (Å²) in [6, 6.07) is 3.27. The third-order valence-corrected chi connectivity index (χ3v) is 10.1. The third-order valence-electron chi connectivity index (χ3n) is 8.59. The topological polar surface area (TPSA) is 91.3 Å². The summed E-state index contributed by atoms with van der Waals surface area (Å²) < 4.78 is 24.3. The van der Waals surface area contributed by atoms with E-state index in [0.29, 0.717) is 44.4 Å². The molecule has 2 aromatic rings. The van der Waals surface area contributed by atoms with Gasteiger partial charge in [-0.05, 0) is 90.9 Å². The zero-order valence-corrected chi connectivity index (χ0v) is 25.2. The summed E-state index contributed by atoms with van der Waals surface area (Å²) in [6.07, 6.45) is 3.68. The van der Waals surface area contributed by atoms with Gasteiger partial charge >= 0.3 is 11.9 Å². The predicted molar refractivity (Wildman–Crippen MR) is 150 cm³/mol. The number of hydrogen-bond donors (Lipinski definition) is 1. The van der Waals surface area contributed by atoms with Gasteiger partial charge in [-0.3, -0.25) is 4.79 Å². The van der Waals surface area contributed by atoms with Crippen LogP contribution in [0.4, 0.5) is 0 Å². The Morgan fingerprint density at radius 3 is 2.64 bits per heavy atom. The Morgan fingerprint density at radius 1 is 1.28 bits per heavy atom. The van der Waals surface area contributed by atoms with E-state index in [1.165, 1.54) is 7.11 Å². The van der Waals surface area contributed by atoms with Gasteiger partial charge in [-0.15, -0.1) is 0 Å². The van der Waals surface area contributed by atoms with E-state index in [0.717, 1.165) is 25.7 Å². The molecular formula is C30H34BrClO7. The summed E-state index contributed by atoms with van der Waals surface area (Å²) in [4.78, 5) is 26.9. The second-order valence-corrected chi connectivity index (χ2v) is 12.8. The highest BCUT2D eigenvalue weighted by Gasteiger charge is 2.53. The number of ether oxygens (including phenoxy) is 4. The van der Waals surface area contributed by atoms with Crippen molar-refractivity contribution in [2.24, 2.45) is 23.2 Å². The zero-order valence-electron chi connectivity index (χ0n) is 22.9. The van der Waals surface area contributed by atoms with Gasteiger partial charge in [-0.2, -0.15) is 0 Å². The summed E-state index contributed by atoms with van der Waals surface area (Å²) in [5.41, 5.74) is 0.986. The Morgan fingerprint density at radius 2 is 2.03 bits per heavy atom. The molecule has 39 heavy (non-hydrogen) atoms. The summed E-state index contributed by atoms with van der Waals surface area (Å²) in [6.45, 7) is 7.59. The Balaban J connectivity index is 1.60. The molecule has 1 N–H and O–H groups in total. The van der Waals surface area contributed by atoms with Crippen LogP contribution in [0.3, 0.4) is 0 Å². The largest absolute Gasteiger partial charge is 0.495 e. The fourth-order valence-corrected chi connectivity index (χ4v) is 7.26. The molecule has 210 valence electrons. The number of esters is 2. The van der Waals surface area contributed by atoms with Gasteiger partial charge in [-0.25, -0.2) is 4.79 Å². The molecule has 0 radical (unpaired) electrons. The lowest BCUT2D eigenvalue weighted by molar-refractivity contribution is -0.148. The van der Waals surface area contributed by atoms with Crippen molar-refractivity contribution in [2.75, 3.05) is 7.11 Å². The number of cyclic esters (lactones) is 1. The van der Waals surface area contributed by atoms with Gasteiger partial charge in [-0.1, -0.05) is 31.9 Å². The average molecular weight is 622 g/mol. The maximum Gasteiger partial charge on any atom is 0.346 e. The van der Waals surface area contributed by atoms with Crippen molar-refractivity contribution in [3.8, 4) is 23.0 Å². The summed E-state index contributed by atoms with van der Waals surface area (Å²) >= 11 is 10.3. The molecule has 1 heterocycles. The number of carbonyl (C=O) groups excluding carboxylic acids is 2. The van der Waals surface area contributed by atoms with Gasteiger partial charge in [0.05, 0.1) is 33.7 Å². The molecular weight excluding hydrogens is 588 g/mol. The molecule has 2 bridgehead atoms. The fourth-order valence-electron chi connectivity index (χ4n) is 6.46. The molecule has 5 rings (SSSR count). The Hall–Kier alpha value is -2.29. The molecule has 1 aliphatic heterocycles. The highest BCUT2D eigenvalue weighted by molar-refractivity contribution is 9.10. The number of aliphatic hydroxyl groups excluding tert-OH is 1. The Kier molecular flexibility index (Phi) is 7.68. The normalized spacial score (nSPS) is 24.3. The first-order valence-electron chi connectivity index (χ1n) is 13.4. The predicted octanol–water partition coefficient (Wildman–Crippen LogP) is 7.69. The smallest absolute Gasteiger partial charge is 0.346 e. The van der Waals surface area contributed by atoms with E-state index in [1.807, 2.05) is 20.8 Å². The van der Waals surface area contributed by atoms with Crippen LogP contribution < -0.4 is 14.2 Å². The number of methoxy groups -OCH3 is 1. The van der Waals surface area contributed by atoms with Crippen LogP contribution in [0.15, 0.2) is 16.6 Å². The molecule has 2 aliphatic carbocycles. The molecule has 9 heteroatoms. The van der Waals surface area contributed by atoms with Gasteiger partial charge in [0.2, 0.25) is 0 Å². The van der Waals surface area contributed by atoms with Crippen molar-refractivity contribution < 1.29 is 33.6 Å². The van der Waals surface area contributed by atoms with Crippen molar-refractivity contribution in [1.29, 1.82) is 0 Å². The minimum atomic E-state index is -0.846. The highest BCUT2D eigenvalue weighted by atomic mass is 79.9. The van der Waals surface area contributed by atoms with E-state index >= 15 is 0 Å². The molecule has 2 unspecified atom stereocenters. The number of aliphatic hydroxyl groups is 1. The molecule has 2 fully saturated rings. The maximum absolute atomic E-state index is 13.7. The SMILES string of the molecule is COc1c([C@@H](O)CC(C)C)ccc2c1C(=O)OCc1c(Cl)c(C)c(Br)c(OC(=O)[C@@]3(C)CC4CCC3C4)c1O2. The van der Waals surface area contributed by atoms with E-state index in [-0.39, 0.29) is 47.1 Å². The van der Waals surface area contributed by atoms with Gasteiger partial charge in [0, 0.05) is 5.56 Å². The molecule has 7 nitrogen and oxygen atoms in total. The van der Waals surface area contributed by atoms with E-state index in [4.69, 9.17) is 30.5 Å². The second kappa shape index (κ2) is 10.6. The molecule has 0 amide bonds. The zero-order chi connectivity index (χ0) is 28.2. The molecule has 0 spiro atoms. The Labute approximate surface area is 242 Å². The lowest BCUT2D eigenvalue weighted by atomic mass is 9.75. The molecule has 4 atom stereocenters. The van der Waals surface area contributed by atoms with Crippen LogP contribution in [-0.2, 0) is 16.1 Å². The molecule has 0 aromatic heterocycles. The number of fused-ring (bicyclic) bond motifs is 4. The maximum atomic E-state index is 13.7. The lowest BCUT2D eigenvalue weighted by Gasteiger charge is -2.32. The number of rotatable bonds is 6. The van der Waals surface area contributed by atoms with E-state index in [1.54, 1.807) is 19.1 Å². The second-order valence-electron chi connectivity index (χ2n) is 11.7. The third kappa shape index (κ3) is 4.82. The molecule has 3 aliphatic rings. The number of benzene rings is 2. The molecule has 0 saturated heterocycles. The van der Waals surface area contributed by atoms with E-state index in [2.05, 4.69) is 15.9 Å². The lowest BCUT2D eigenvalue weighted by Crippen LogP contribution is -2.37. The van der Waals surface area contributed by atoms with Crippen molar-refractivity contribution in [3.63, 3.8) is 0 Å². The van der Waals surface area contributed by atoms with Crippen LogP contribution in [0.5, 0.6) is 23.0 Å². The number of hydrogen-bond acceptors (Lipinski definition) is 7. The summed E-state index contributed by atoms with van der Waals surface area (Å²) in [5.74, 6) is 0.830. The van der Waals surface area contributed by atoms with Crippen LogP contribution in [0, 0.1) is 30.1 Å². The van der Waals surface area contributed by atoms with Gasteiger partial charge in [0.1, 0.15) is 23.7 Å². The summed E-state index contributed by atoms with van der Waals surface area (Å²) in [5, 5.41) is 11.2. The monoisotopic (exact) mass is 620 g/mol. The molecule has 2 saturated carbocycles. The van der Waals surface area contributed by atoms with Crippen molar-refractivity contribution in [1.82, 2.24) is 0 Å². The number of carbonyl (C=O) groups is 2. The minimum absolute atomic E-state index is 0.0496. The van der Waals surface area contributed by atoms with E-state index in [9.17, 15) is 14.7 Å². The summed E-state index contributed by atoms with van der Waals surface area (Å²) in [7, 11) is 1.43. The van der Waals surface area contributed by atoms with E-state index < -0.39 is 17.5 Å². The quantitative estimate of drug-likeness (QED) is 0.261. The van der Waals surface area contributed by atoms with Crippen LogP contribution in [0.1, 0.15) is 86.0 Å². The standard InChI is InChI=1S/C30H34BrClO7/c1-14(2)10-20(33)18-8-9-21-22(25(18)36-5)28(34)37-13-19-24(32)15(3)23(31)27(26(19)38-21)39-29(35)30(4)12-16-6-7-17(30)11-16/h8-9,14,16-17,20,33H,6-7,10-13H2,1-5H3/t16?,17?,20-,30-/m0/s1. The van der Waals surface area contributed by atoms with Gasteiger partial charge in [0.15, 0.2) is 11.5 Å². The number of halogens is 2.